The normalized spacial score (nSPS) is 12.6. The lowest BCUT2D eigenvalue weighted by Gasteiger charge is -2.05. The summed E-state index contributed by atoms with van der Waals surface area (Å²) in [7, 11) is 1.86. The zero-order valence-corrected chi connectivity index (χ0v) is 13.0. The Bertz CT molecular complexity index is 547. The van der Waals surface area contributed by atoms with Crippen molar-refractivity contribution in [3.63, 3.8) is 0 Å². The Hall–Kier alpha value is -2.11. The van der Waals surface area contributed by atoms with Gasteiger partial charge in [-0.15, -0.1) is 0 Å². The molecule has 6 heteroatoms. The highest BCUT2D eigenvalue weighted by molar-refractivity contribution is 5.91. The number of rotatable bonds is 7. The minimum atomic E-state index is -0.802. The first-order chi connectivity index (χ1) is 9.82. The molecule has 116 valence electrons. The molecule has 0 aliphatic carbocycles. The molecule has 0 spiro atoms. The molecule has 1 aromatic heterocycles. The lowest BCUT2D eigenvalue weighted by molar-refractivity contribution is -0.141. The first-order valence-electron chi connectivity index (χ1n) is 7.01. The minimum absolute atomic E-state index is 0.180. The van der Waals surface area contributed by atoms with Crippen LogP contribution in [0.3, 0.4) is 0 Å². The maximum Gasteiger partial charge on any atom is 0.306 e. The molecule has 0 saturated carbocycles. The monoisotopic (exact) mass is 293 g/mol. The van der Waals surface area contributed by atoms with Crippen LogP contribution >= 0.6 is 0 Å². The number of nitrogens with zero attached hydrogens (tertiary/aromatic N) is 2. The van der Waals surface area contributed by atoms with Gasteiger partial charge in [0, 0.05) is 30.9 Å². The number of carboxylic acid groups (broad SMARTS) is 1. The van der Waals surface area contributed by atoms with E-state index < -0.39 is 5.97 Å². The average molecular weight is 293 g/mol. The molecule has 1 atom stereocenters. The van der Waals surface area contributed by atoms with Crippen LogP contribution in [0.4, 0.5) is 0 Å². The Labute approximate surface area is 124 Å². The molecular weight excluding hydrogens is 270 g/mol. The van der Waals surface area contributed by atoms with Gasteiger partial charge in [0.25, 0.3) is 0 Å². The summed E-state index contributed by atoms with van der Waals surface area (Å²) in [6, 6.07) is 0. The second-order valence-corrected chi connectivity index (χ2v) is 5.21. The molecule has 1 amide bonds. The maximum absolute atomic E-state index is 11.7. The third-order valence-corrected chi connectivity index (χ3v) is 3.50. The summed E-state index contributed by atoms with van der Waals surface area (Å²) in [6.07, 6.45) is 4.45. The van der Waals surface area contributed by atoms with E-state index in [-0.39, 0.29) is 11.8 Å². The smallest absolute Gasteiger partial charge is 0.306 e. The molecule has 1 unspecified atom stereocenters. The van der Waals surface area contributed by atoms with Crippen LogP contribution in [0.25, 0.3) is 6.08 Å². The Balaban J connectivity index is 2.40. The number of aromatic nitrogens is 2. The number of aryl methyl sites for hydroxylation is 2. The third-order valence-electron chi connectivity index (χ3n) is 3.50. The van der Waals surface area contributed by atoms with Crippen molar-refractivity contribution in [1.82, 2.24) is 15.1 Å². The fraction of sp³-hybridized carbons (Fsp3) is 0.533. The molecule has 0 aliphatic rings. The van der Waals surface area contributed by atoms with Crippen LogP contribution in [-0.2, 0) is 16.6 Å². The molecule has 0 radical (unpaired) electrons. The van der Waals surface area contributed by atoms with Gasteiger partial charge in [0.05, 0.1) is 11.6 Å². The van der Waals surface area contributed by atoms with Crippen LogP contribution < -0.4 is 5.32 Å². The van der Waals surface area contributed by atoms with Crippen molar-refractivity contribution < 1.29 is 14.7 Å². The average Bonchev–Trinajstić information content (AvgIpc) is 2.66. The molecule has 6 nitrogen and oxygen atoms in total. The van der Waals surface area contributed by atoms with Gasteiger partial charge in [-0.2, -0.15) is 5.10 Å². The molecule has 2 N–H and O–H groups in total. The number of nitrogens with one attached hydrogen (secondary N) is 1. The number of hydrogen-bond donors (Lipinski definition) is 2. The third kappa shape index (κ3) is 5.06. The predicted octanol–water partition coefficient (Wildman–Crippen LogP) is 1.67. The first kappa shape index (κ1) is 16.9. The van der Waals surface area contributed by atoms with Gasteiger partial charge in [0.15, 0.2) is 0 Å². The van der Waals surface area contributed by atoms with Crippen molar-refractivity contribution in [3.05, 3.63) is 23.0 Å². The molecule has 0 bridgehead atoms. The molecule has 1 rings (SSSR count). The van der Waals surface area contributed by atoms with E-state index >= 15 is 0 Å². The van der Waals surface area contributed by atoms with Crippen molar-refractivity contribution >= 4 is 18.0 Å². The Morgan fingerprint density at radius 3 is 2.62 bits per heavy atom. The van der Waals surface area contributed by atoms with Crippen molar-refractivity contribution in [2.24, 2.45) is 13.0 Å². The first-order valence-corrected chi connectivity index (χ1v) is 7.01. The topological polar surface area (TPSA) is 84.2 Å². The van der Waals surface area contributed by atoms with Gasteiger partial charge >= 0.3 is 5.97 Å². The molecule has 1 heterocycles. The van der Waals surface area contributed by atoms with Gasteiger partial charge in [-0.1, -0.05) is 6.92 Å². The lowest BCUT2D eigenvalue weighted by Crippen LogP contribution is -2.23. The van der Waals surface area contributed by atoms with Gasteiger partial charge in [-0.25, -0.2) is 0 Å². The van der Waals surface area contributed by atoms with Gasteiger partial charge in [0.2, 0.25) is 5.91 Å². The zero-order chi connectivity index (χ0) is 16.0. The second-order valence-electron chi connectivity index (χ2n) is 5.21. The largest absolute Gasteiger partial charge is 0.481 e. The van der Waals surface area contributed by atoms with Crippen LogP contribution in [0.2, 0.25) is 0 Å². The molecule has 0 fully saturated rings. The summed E-state index contributed by atoms with van der Waals surface area (Å²) in [5, 5.41) is 15.8. The van der Waals surface area contributed by atoms with Crippen molar-refractivity contribution in [3.8, 4) is 0 Å². The van der Waals surface area contributed by atoms with Gasteiger partial charge in [-0.05, 0) is 32.8 Å². The quantitative estimate of drug-likeness (QED) is 0.591. The predicted molar refractivity (Wildman–Crippen MR) is 80.8 cm³/mol. The van der Waals surface area contributed by atoms with Gasteiger partial charge in [-0.3, -0.25) is 14.3 Å². The standard InChI is InChI=1S/C15H23N3O3/c1-10(15(20)21)6-5-9-16-14(19)8-7-13-11(2)17-18(4)12(13)3/h7-8,10H,5-6,9H2,1-4H3,(H,16,19)(H,20,21)/b8-7+. The van der Waals surface area contributed by atoms with E-state index in [2.05, 4.69) is 10.4 Å². The fourth-order valence-electron chi connectivity index (χ4n) is 1.99. The number of aliphatic carboxylic acids is 1. The highest BCUT2D eigenvalue weighted by atomic mass is 16.4. The number of carbonyl (C=O) groups excluding carboxylic acids is 1. The summed E-state index contributed by atoms with van der Waals surface area (Å²) < 4.78 is 1.78. The molecule has 0 aromatic carbocycles. The Morgan fingerprint density at radius 1 is 1.43 bits per heavy atom. The summed E-state index contributed by atoms with van der Waals surface area (Å²) >= 11 is 0. The summed E-state index contributed by atoms with van der Waals surface area (Å²) in [5.41, 5.74) is 2.84. The van der Waals surface area contributed by atoms with Crippen LogP contribution in [0.15, 0.2) is 6.08 Å². The minimum Gasteiger partial charge on any atom is -0.481 e. The number of amides is 1. The molecular formula is C15H23N3O3. The molecule has 1 aromatic rings. The van der Waals surface area contributed by atoms with Crippen LogP contribution in [-0.4, -0.2) is 33.3 Å². The fourth-order valence-corrected chi connectivity index (χ4v) is 1.99. The van der Waals surface area contributed by atoms with Crippen LogP contribution in [0, 0.1) is 19.8 Å². The molecule has 21 heavy (non-hydrogen) atoms. The van der Waals surface area contributed by atoms with E-state index in [1.54, 1.807) is 17.7 Å². The highest BCUT2D eigenvalue weighted by Gasteiger charge is 2.10. The van der Waals surface area contributed by atoms with Crippen LogP contribution in [0.5, 0.6) is 0 Å². The van der Waals surface area contributed by atoms with Crippen molar-refractivity contribution in [2.45, 2.75) is 33.6 Å². The van der Waals surface area contributed by atoms with E-state index in [9.17, 15) is 9.59 Å². The lowest BCUT2D eigenvalue weighted by atomic mass is 10.1. The summed E-state index contributed by atoms with van der Waals surface area (Å²) in [5.74, 6) is -1.36. The molecule has 0 saturated heterocycles. The Morgan fingerprint density at radius 2 is 2.10 bits per heavy atom. The number of carboxylic acids is 1. The number of carbonyl (C=O) groups is 2. The molecule has 0 aliphatic heterocycles. The van der Waals surface area contributed by atoms with Gasteiger partial charge < -0.3 is 10.4 Å². The second kappa shape index (κ2) is 7.61. The van der Waals surface area contributed by atoms with E-state index in [0.29, 0.717) is 19.4 Å². The summed E-state index contributed by atoms with van der Waals surface area (Å²) in [6.45, 7) is 5.99. The van der Waals surface area contributed by atoms with Gasteiger partial charge in [0.1, 0.15) is 0 Å². The van der Waals surface area contributed by atoms with E-state index in [0.717, 1.165) is 17.0 Å². The van der Waals surface area contributed by atoms with Crippen molar-refractivity contribution in [1.29, 1.82) is 0 Å². The summed E-state index contributed by atoms with van der Waals surface area (Å²) in [4.78, 5) is 22.3. The van der Waals surface area contributed by atoms with E-state index in [4.69, 9.17) is 5.11 Å². The Kier molecular flexibility index (Phi) is 6.14. The maximum atomic E-state index is 11.7. The van der Waals surface area contributed by atoms with Crippen LogP contribution in [0.1, 0.15) is 36.7 Å². The van der Waals surface area contributed by atoms with E-state index in [1.165, 1.54) is 6.08 Å². The van der Waals surface area contributed by atoms with E-state index in [1.807, 2.05) is 20.9 Å². The highest BCUT2D eigenvalue weighted by Crippen LogP contribution is 2.13. The zero-order valence-electron chi connectivity index (χ0n) is 13.0. The van der Waals surface area contributed by atoms with Crippen molar-refractivity contribution in [2.75, 3.05) is 6.54 Å². The SMILES string of the molecule is Cc1nn(C)c(C)c1/C=C/C(=O)NCCCC(C)C(=O)O. The number of hydrogen-bond acceptors (Lipinski definition) is 3.